The highest BCUT2D eigenvalue weighted by Crippen LogP contribution is 2.39. The van der Waals surface area contributed by atoms with Gasteiger partial charge in [-0.1, -0.05) is 60.7 Å². The minimum Gasteiger partial charge on any atom is -0.493 e. The van der Waals surface area contributed by atoms with Crippen molar-refractivity contribution in [3.63, 3.8) is 0 Å². The molecule has 8 nitrogen and oxygen atoms in total. The fraction of sp³-hybridized carbons (Fsp3) is 0.147. The van der Waals surface area contributed by atoms with E-state index in [2.05, 4.69) is 10.3 Å². The van der Waals surface area contributed by atoms with E-state index in [0.29, 0.717) is 45.5 Å². The SMILES string of the molecule is COc1ccc(-c2ccc(C3=NC(=O)C4=C(c5ccc(-c6ccc(OC)c(OC)c6)cc5)NC(=O)C34)cc2)cc1OC. The summed E-state index contributed by atoms with van der Waals surface area (Å²) in [5.74, 6) is 1.13. The summed E-state index contributed by atoms with van der Waals surface area (Å²) >= 11 is 0. The van der Waals surface area contributed by atoms with E-state index in [-0.39, 0.29) is 5.91 Å². The number of carbonyl (C=O) groups is 2. The Morgan fingerprint density at radius 3 is 1.45 bits per heavy atom. The summed E-state index contributed by atoms with van der Waals surface area (Å²) in [6.07, 6.45) is 0. The molecular weight excluding hydrogens is 532 g/mol. The predicted molar refractivity (Wildman–Crippen MR) is 160 cm³/mol. The Hall–Kier alpha value is -5.37. The third-order valence-electron chi connectivity index (χ3n) is 7.58. The van der Waals surface area contributed by atoms with Crippen LogP contribution in [0.2, 0.25) is 0 Å². The molecule has 0 saturated carbocycles. The van der Waals surface area contributed by atoms with Gasteiger partial charge in [0.05, 0.1) is 45.4 Å². The molecule has 0 bridgehead atoms. The van der Waals surface area contributed by atoms with E-state index in [1.165, 1.54) is 0 Å². The number of hydrogen-bond donors (Lipinski definition) is 1. The fourth-order valence-corrected chi connectivity index (χ4v) is 5.42. The Bertz CT molecular complexity index is 1770. The van der Waals surface area contributed by atoms with Gasteiger partial charge in [0.1, 0.15) is 5.92 Å². The maximum absolute atomic E-state index is 13.2. The monoisotopic (exact) mass is 560 g/mol. The summed E-state index contributed by atoms with van der Waals surface area (Å²) in [5.41, 5.74) is 6.56. The molecule has 4 aromatic carbocycles. The van der Waals surface area contributed by atoms with Crippen LogP contribution in [0.25, 0.3) is 28.0 Å². The summed E-state index contributed by atoms with van der Waals surface area (Å²) in [6, 6.07) is 26.7. The maximum Gasteiger partial charge on any atom is 0.276 e. The van der Waals surface area contributed by atoms with Crippen molar-refractivity contribution in [2.75, 3.05) is 28.4 Å². The smallest absolute Gasteiger partial charge is 0.276 e. The number of nitrogens with one attached hydrogen (secondary N) is 1. The summed E-state index contributed by atoms with van der Waals surface area (Å²) in [7, 11) is 6.38. The van der Waals surface area contributed by atoms with E-state index in [0.717, 1.165) is 27.8 Å². The van der Waals surface area contributed by atoms with Gasteiger partial charge < -0.3 is 24.3 Å². The molecule has 4 aromatic rings. The average Bonchev–Trinajstić information content (AvgIpc) is 3.57. The summed E-state index contributed by atoms with van der Waals surface area (Å²) in [6.45, 7) is 0. The van der Waals surface area contributed by atoms with Crippen molar-refractivity contribution >= 4 is 23.2 Å². The molecule has 6 rings (SSSR count). The molecule has 0 fully saturated rings. The highest BCUT2D eigenvalue weighted by Gasteiger charge is 2.45. The van der Waals surface area contributed by atoms with Crippen LogP contribution in [0, 0.1) is 5.92 Å². The highest BCUT2D eigenvalue weighted by molar-refractivity contribution is 6.33. The van der Waals surface area contributed by atoms with E-state index in [9.17, 15) is 9.59 Å². The third kappa shape index (κ3) is 4.56. The van der Waals surface area contributed by atoms with Crippen molar-refractivity contribution in [2.24, 2.45) is 10.9 Å². The molecule has 210 valence electrons. The minimum atomic E-state index is -0.759. The largest absolute Gasteiger partial charge is 0.493 e. The minimum absolute atomic E-state index is 0.266. The summed E-state index contributed by atoms with van der Waals surface area (Å²) in [4.78, 5) is 30.6. The van der Waals surface area contributed by atoms with Gasteiger partial charge in [0.15, 0.2) is 23.0 Å². The van der Waals surface area contributed by atoms with Gasteiger partial charge in [-0.05, 0) is 57.6 Å². The van der Waals surface area contributed by atoms with Gasteiger partial charge >= 0.3 is 0 Å². The number of methoxy groups -OCH3 is 4. The van der Waals surface area contributed by atoms with Gasteiger partial charge in [-0.25, -0.2) is 4.99 Å². The molecule has 0 saturated heterocycles. The average molecular weight is 561 g/mol. The molecule has 0 aliphatic carbocycles. The lowest BCUT2D eigenvalue weighted by molar-refractivity contribution is -0.121. The first-order valence-corrected chi connectivity index (χ1v) is 13.3. The molecule has 1 unspecified atom stereocenters. The van der Waals surface area contributed by atoms with Crippen LogP contribution in [0.15, 0.2) is 95.5 Å². The number of aliphatic imine (C=N–C) groups is 1. The fourth-order valence-electron chi connectivity index (χ4n) is 5.42. The van der Waals surface area contributed by atoms with Crippen LogP contribution in [0.3, 0.4) is 0 Å². The second-order valence-electron chi connectivity index (χ2n) is 9.81. The number of fused-ring (bicyclic) bond motifs is 1. The first kappa shape index (κ1) is 26.8. The van der Waals surface area contributed by atoms with Gasteiger partial charge in [0, 0.05) is 0 Å². The lowest BCUT2D eigenvalue weighted by atomic mass is 9.91. The molecule has 1 N–H and O–H groups in total. The molecule has 2 heterocycles. The van der Waals surface area contributed by atoms with Gasteiger partial charge in [-0.3, -0.25) is 9.59 Å². The van der Waals surface area contributed by atoms with Gasteiger partial charge in [0.25, 0.3) is 5.91 Å². The van der Waals surface area contributed by atoms with Gasteiger partial charge in [-0.15, -0.1) is 0 Å². The Balaban J connectivity index is 1.27. The van der Waals surface area contributed by atoms with E-state index < -0.39 is 11.8 Å². The molecule has 2 amide bonds. The second-order valence-corrected chi connectivity index (χ2v) is 9.81. The predicted octanol–water partition coefficient (Wildman–Crippen LogP) is 5.54. The molecule has 0 radical (unpaired) electrons. The number of nitrogens with zero attached hydrogens (tertiary/aromatic N) is 1. The highest BCUT2D eigenvalue weighted by atomic mass is 16.5. The maximum atomic E-state index is 13.2. The Labute approximate surface area is 243 Å². The number of benzene rings is 4. The van der Waals surface area contributed by atoms with E-state index in [4.69, 9.17) is 18.9 Å². The van der Waals surface area contributed by atoms with Crippen molar-refractivity contribution in [3.8, 4) is 45.3 Å². The lowest BCUT2D eigenvalue weighted by Crippen LogP contribution is -2.26. The summed E-state index contributed by atoms with van der Waals surface area (Å²) < 4.78 is 21.5. The van der Waals surface area contributed by atoms with Crippen molar-refractivity contribution in [1.29, 1.82) is 0 Å². The molecule has 0 aromatic heterocycles. The number of rotatable bonds is 8. The topological polar surface area (TPSA) is 95.5 Å². The van der Waals surface area contributed by atoms with Crippen LogP contribution in [0.4, 0.5) is 0 Å². The van der Waals surface area contributed by atoms with Crippen LogP contribution in [0.5, 0.6) is 23.0 Å². The zero-order valence-electron chi connectivity index (χ0n) is 23.6. The molecule has 0 spiro atoms. The normalized spacial score (nSPS) is 15.7. The van der Waals surface area contributed by atoms with Crippen molar-refractivity contribution < 1.29 is 28.5 Å². The van der Waals surface area contributed by atoms with Crippen molar-refractivity contribution in [1.82, 2.24) is 5.32 Å². The lowest BCUT2D eigenvalue weighted by Gasteiger charge is -2.11. The zero-order chi connectivity index (χ0) is 29.4. The third-order valence-corrected chi connectivity index (χ3v) is 7.58. The van der Waals surface area contributed by atoms with Crippen LogP contribution in [-0.4, -0.2) is 46.0 Å². The molecular formula is C34H28N2O6. The second kappa shape index (κ2) is 10.9. The number of carbonyl (C=O) groups excluding carboxylic acids is 2. The number of ether oxygens (including phenoxy) is 4. The first-order chi connectivity index (χ1) is 20.4. The van der Waals surface area contributed by atoms with Crippen molar-refractivity contribution in [3.05, 3.63) is 102 Å². The Morgan fingerprint density at radius 2 is 0.976 bits per heavy atom. The van der Waals surface area contributed by atoms with E-state index in [1.807, 2.05) is 84.9 Å². The molecule has 42 heavy (non-hydrogen) atoms. The quantitative estimate of drug-likeness (QED) is 0.304. The molecule has 8 heteroatoms. The number of amides is 2. The summed E-state index contributed by atoms with van der Waals surface area (Å²) in [5, 5.41) is 2.93. The van der Waals surface area contributed by atoms with Gasteiger partial charge in [-0.2, -0.15) is 0 Å². The van der Waals surface area contributed by atoms with Crippen LogP contribution in [-0.2, 0) is 9.59 Å². The van der Waals surface area contributed by atoms with Crippen molar-refractivity contribution in [2.45, 2.75) is 0 Å². The van der Waals surface area contributed by atoms with E-state index in [1.54, 1.807) is 28.4 Å². The van der Waals surface area contributed by atoms with Gasteiger partial charge in [0.2, 0.25) is 5.91 Å². The zero-order valence-corrected chi connectivity index (χ0v) is 23.6. The Morgan fingerprint density at radius 1 is 0.548 bits per heavy atom. The Kier molecular flexibility index (Phi) is 6.96. The number of hydrogen-bond acceptors (Lipinski definition) is 6. The van der Waals surface area contributed by atoms with Crippen LogP contribution >= 0.6 is 0 Å². The molecule has 2 aliphatic rings. The molecule has 2 aliphatic heterocycles. The van der Waals surface area contributed by atoms with Crippen LogP contribution < -0.4 is 24.3 Å². The van der Waals surface area contributed by atoms with Crippen LogP contribution in [0.1, 0.15) is 11.1 Å². The molecule has 1 atom stereocenters. The first-order valence-electron chi connectivity index (χ1n) is 13.3. The van der Waals surface area contributed by atoms with E-state index >= 15 is 0 Å². The standard InChI is InChI=1S/C34H28N2O6/c1-39-25-15-13-23(17-27(25)41-3)19-5-9-21(10-6-19)31-29-30(34(38)35-31)32(36-33(29)37)22-11-7-20(8-12-22)24-14-16-26(40-2)28(18-24)42-4/h5-18,29H,1-4H3,(H,36,37).